The highest BCUT2D eigenvalue weighted by Gasteiger charge is 2.32. The molecule has 2 heterocycles. The monoisotopic (exact) mass is 336 g/mol. The van der Waals surface area contributed by atoms with Crippen molar-refractivity contribution in [2.75, 3.05) is 24.6 Å². The minimum absolute atomic E-state index is 0.00570. The second-order valence-corrected chi connectivity index (χ2v) is 8.80. The number of hydrogen-bond donors (Lipinski definition) is 1. The lowest BCUT2D eigenvalue weighted by Crippen LogP contribution is -2.31. The maximum absolute atomic E-state index is 12.2. The number of sulfone groups is 1. The van der Waals surface area contributed by atoms with E-state index in [2.05, 4.69) is 16.3 Å². The molecule has 0 saturated carbocycles. The minimum atomic E-state index is -3.01. The molecule has 1 aromatic carbocycles. The molecular formula is C17H24N2O3S. The topological polar surface area (TPSA) is 66.5 Å². The molecule has 0 bridgehead atoms. The molecule has 5 nitrogen and oxygen atoms in total. The lowest BCUT2D eigenvalue weighted by molar-refractivity contribution is -0.124. The standard InChI is InChI=1S/C17H24N2O3S/c20-17(16-7-10-23(21,22)13-16)18-11-14-5-1-2-6-15(14)12-19-8-3-4-9-19/h1-2,5-6,16H,3-4,7-13H2,(H,18,20)/t16-/m1/s1. The van der Waals surface area contributed by atoms with E-state index in [1.807, 2.05) is 18.2 Å². The zero-order valence-corrected chi connectivity index (χ0v) is 14.1. The first-order chi connectivity index (χ1) is 11.0. The average Bonchev–Trinajstić information content (AvgIpc) is 3.15. The maximum Gasteiger partial charge on any atom is 0.224 e. The molecule has 1 N–H and O–H groups in total. The fraction of sp³-hybridized carbons (Fsp3) is 0.588. The average molecular weight is 336 g/mol. The Morgan fingerprint density at radius 2 is 1.87 bits per heavy atom. The van der Waals surface area contributed by atoms with Crippen molar-refractivity contribution in [3.63, 3.8) is 0 Å². The Hall–Kier alpha value is -1.40. The Labute approximate surface area is 138 Å². The number of rotatable bonds is 5. The van der Waals surface area contributed by atoms with Gasteiger partial charge in [-0.05, 0) is 43.5 Å². The summed E-state index contributed by atoms with van der Waals surface area (Å²) in [4.78, 5) is 14.6. The van der Waals surface area contributed by atoms with Crippen LogP contribution in [0.5, 0.6) is 0 Å². The molecule has 1 atom stereocenters. The van der Waals surface area contributed by atoms with Crippen molar-refractivity contribution >= 4 is 15.7 Å². The lowest BCUT2D eigenvalue weighted by atomic mass is 10.1. The van der Waals surface area contributed by atoms with Gasteiger partial charge in [-0.2, -0.15) is 0 Å². The molecule has 23 heavy (non-hydrogen) atoms. The van der Waals surface area contributed by atoms with Crippen molar-refractivity contribution in [2.45, 2.75) is 32.4 Å². The van der Waals surface area contributed by atoms with Gasteiger partial charge in [-0.3, -0.25) is 9.69 Å². The van der Waals surface area contributed by atoms with Crippen molar-refractivity contribution in [2.24, 2.45) is 5.92 Å². The van der Waals surface area contributed by atoms with Crippen LogP contribution < -0.4 is 5.32 Å². The van der Waals surface area contributed by atoms with Crippen LogP contribution >= 0.6 is 0 Å². The third-order valence-corrected chi connectivity index (χ3v) is 6.54. The summed E-state index contributed by atoms with van der Waals surface area (Å²) in [6, 6.07) is 8.16. The van der Waals surface area contributed by atoms with E-state index >= 15 is 0 Å². The Morgan fingerprint density at radius 3 is 2.52 bits per heavy atom. The molecule has 0 unspecified atom stereocenters. The van der Waals surface area contributed by atoms with Crippen LogP contribution in [0.15, 0.2) is 24.3 Å². The molecular weight excluding hydrogens is 312 g/mol. The van der Waals surface area contributed by atoms with Crippen LogP contribution in [0.25, 0.3) is 0 Å². The Morgan fingerprint density at radius 1 is 1.17 bits per heavy atom. The number of hydrogen-bond acceptors (Lipinski definition) is 4. The van der Waals surface area contributed by atoms with Crippen molar-refractivity contribution in [3.05, 3.63) is 35.4 Å². The maximum atomic E-state index is 12.2. The summed E-state index contributed by atoms with van der Waals surface area (Å²) in [6.45, 7) is 3.67. The lowest BCUT2D eigenvalue weighted by Gasteiger charge is -2.18. The summed E-state index contributed by atoms with van der Waals surface area (Å²) < 4.78 is 23.0. The van der Waals surface area contributed by atoms with Gasteiger partial charge in [0, 0.05) is 13.1 Å². The van der Waals surface area contributed by atoms with Crippen LogP contribution in [0.2, 0.25) is 0 Å². The number of likely N-dealkylation sites (tertiary alicyclic amines) is 1. The summed E-state index contributed by atoms with van der Waals surface area (Å²) >= 11 is 0. The zero-order chi connectivity index (χ0) is 16.3. The smallest absolute Gasteiger partial charge is 0.224 e. The van der Waals surface area contributed by atoms with Crippen molar-refractivity contribution < 1.29 is 13.2 Å². The summed E-state index contributed by atoms with van der Waals surface area (Å²) in [5, 5.41) is 2.92. The number of nitrogens with one attached hydrogen (secondary N) is 1. The van der Waals surface area contributed by atoms with Crippen LogP contribution in [0, 0.1) is 5.92 Å². The number of amides is 1. The van der Waals surface area contributed by atoms with Crippen molar-refractivity contribution in [3.8, 4) is 0 Å². The number of benzene rings is 1. The van der Waals surface area contributed by atoms with Gasteiger partial charge in [0.25, 0.3) is 0 Å². The SMILES string of the molecule is O=C(NCc1ccccc1CN1CCCC1)[C@@H]1CCS(=O)(=O)C1. The molecule has 1 aromatic rings. The third kappa shape index (κ3) is 4.32. The van der Waals surface area contributed by atoms with E-state index in [4.69, 9.17) is 0 Å². The molecule has 0 spiro atoms. The fourth-order valence-electron chi connectivity index (χ4n) is 3.39. The van der Waals surface area contributed by atoms with Gasteiger partial charge in [-0.15, -0.1) is 0 Å². The van der Waals surface area contributed by atoms with Gasteiger partial charge in [-0.25, -0.2) is 8.42 Å². The zero-order valence-electron chi connectivity index (χ0n) is 13.3. The van der Waals surface area contributed by atoms with Gasteiger partial charge < -0.3 is 5.32 Å². The molecule has 2 aliphatic rings. The van der Waals surface area contributed by atoms with Crippen molar-refractivity contribution in [1.29, 1.82) is 0 Å². The second-order valence-electron chi connectivity index (χ2n) is 6.57. The first kappa shape index (κ1) is 16.5. The van der Waals surface area contributed by atoms with E-state index < -0.39 is 9.84 Å². The van der Waals surface area contributed by atoms with Crippen LogP contribution in [0.3, 0.4) is 0 Å². The van der Waals surface area contributed by atoms with E-state index in [1.54, 1.807) is 0 Å². The molecule has 2 saturated heterocycles. The summed E-state index contributed by atoms with van der Waals surface area (Å²) in [7, 11) is -3.01. The minimum Gasteiger partial charge on any atom is -0.352 e. The summed E-state index contributed by atoms with van der Waals surface area (Å²) in [5.41, 5.74) is 2.36. The fourth-order valence-corrected chi connectivity index (χ4v) is 5.14. The quantitative estimate of drug-likeness (QED) is 0.881. The van der Waals surface area contributed by atoms with E-state index in [0.717, 1.165) is 25.2 Å². The van der Waals surface area contributed by atoms with E-state index in [1.165, 1.54) is 18.4 Å². The Bertz CT molecular complexity index is 666. The van der Waals surface area contributed by atoms with Gasteiger partial charge in [-0.1, -0.05) is 24.3 Å². The molecule has 6 heteroatoms. The van der Waals surface area contributed by atoms with Crippen LogP contribution in [0.4, 0.5) is 0 Å². The van der Waals surface area contributed by atoms with E-state index in [0.29, 0.717) is 13.0 Å². The number of carbonyl (C=O) groups excluding carboxylic acids is 1. The van der Waals surface area contributed by atoms with Crippen molar-refractivity contribution in [1.82, 2.24) is 10.2 Å². The van der Waals surface area contributed by atoms with E-state index in [9.17, 15) is 13.2 Å². The first-order valence-corrected chi connectivity index (χ1v) is 10.1. The van der Waals surface area contributed by atoms with Gasteiger partial charge >= 0.3 is 0 Å². The first-order valence-electron chi connectivity index (χ1n) is 8.31. The molecule has 0 radical (unpaired) electrons. The second kappa shape index (κ2) is 7.01. The van der Waals surface area contributed by atoms with Gasteiger partial charge in [0.05, 0.1) is 17.4 Å². The molecule has 0 aromatic heterocycles. The normalized spacial score (nSPS) is 23.9. The Balaban J connectivity index is 1.58. The molecule has 2 aliphatic heterocycles. The summed E-state index contributed by atoms with van der Waals surface area (Å²) in [6.07, 6.45) is 2.97. The van der Waals surface area contributed by atoms with Gasteiger partial charge in [0.2, 0.25) is 5.91 Å². The molecule has 1 amide bonds. The van der Waals surface area contributed by atoms with Gasteiger partial charge in [0.1, 0.15) is 0 Å². The van der Waals surface area contributed by atoms with Crippen LogP contribution in [-0.4, -0.2) is 43.8 Å². The number of nitrogens with zero attached hydrogens (tertiary/aromatic N) is 1. The largest absolute Gasteiger partial charge is 0.352 e. The van der Waals surface area contributed by atoms with Crippen LogP contribution in [0.1, 0.15) is 30.4 Å². The predicted octanol–water partition coefficient (Wildman–Crippen LogP) is 1.33. The van der Waals surface area contributed by atoms with Crippen LogP contribution in [-0.2, 0) is 27.7 Å². The molecule has 3 rings (SSSR count). The highest BCUT2D eigenvalue weighted by atomic mass is 32.2. The molecule has 126 valence electrons. The summed E-state index contributed by atoms with van der Waals surface area (Å²) in [5.74, 6) is -0.391. The predicted molar refractivity (Wildman–Crippen MR) is 89.6 cm³/mol. The number of carbonyl (C=O) groups is 1. The Kier molecular flexibility index (Phi) is 5.02. The molecule has 2 fully saturated rings. The third-order valence-electron chi connectivity index (χ3n) is 4.77. The highest BCUT2D eigenvalue weighted by molar-refractivity contribution is 7.91. The van der Waals surface area contributed by atoms with Gasteiger partial charge in [0.15, 0.2) is 9.84 Å². The van der Waals surface area contributed by atoms with E-state index in [-0.39, 0.29) is 23.3 Å². The highest BCUT2D eigenvalue weighted by Crippen LogP contribution is 2.19. The molecule has 0 aliphatic carbocycles.